The lowest BCUT2D eigenvalue weighted by Crippen LogP contribution is -2.02. The summed E-state index contributed by atoms with van der Waals surface area (Å²) >= 11 is 1.33. The van der Waals surface area contributed by atoms with Crippen LogP contribution in [0.25, 0.3) is 10.1 Å². The topological polar surface area (TPSA) is 76.1 Å². The van der Waals surface area contributed by atoms with Gasteiger partial charge in [0.2, 0.25) is 0 Å². The molecule has 0 unspecified atom stereocenters. The zero-order chi connectivity index (χ0) is 11.5. The second-order valence-electron chi connectivity index (χ2n) is 3.14. The molecule has 0 atom stereocenters. The van der Waals surface area contributed by atoms with Crippen molar-refractivity contribution in [3.63, 3.8) is 0 Å². The van der Waals surface area contributed by atoms with Crippen molar-refractivity contribution in [3.05, 3.63) is 29.1 Å². The van der Waals surface area contributed by atoms with Crippen molar-refractivity contribution >= 4 is 33.1 Å². The van der Waals surface area contributed by atoms with E-state index in [2.05, 4.69) is 0 Å². The Labute approximate surface area is 95.9 Å². The first-order valence-corrected chi connectivity index (χ1v) is 5.35. The number of nitrogens with zero attached hydrogens (tertiary/aromatic N) is 1. The predicted molar refractivity (Wildman–Crippen MR) is 62.1 cm³/mol. The zero-order valence-corrected chi connectivity index (χ0v) is 9.08. The molecule has 0 amide bonds. The van der Waals surface area contributed by atoms with Crippen molar-refractivity contribution in [1.29, 1.82) is 5.26 Å². The minimum absolute atomic E-state index is 0.227. The van der Waals surface area contributed by atoms with Gasteiger partial charge in [0.25, 0.3) is 0 Å². The highest BCUT2D eigenvalue weighted by Crippen LogP contribution is 2.27. The van der Waals surface area contributed by atoms with E-state index < -0.39 is 5.97 Å². The van der Waals surface area contributed by atoms with Crippen molar-refractivity contribution in [2.75, 3.05) is 12.3 Å². The van der Waals surface area contributed by atoms with Gasteiger partial charge in [0.15, 0.2) is 6.61 Å². The lowest BCUT2D eigenvalue weighted by molar-refractivity contribution is 0.0561. The first kappa shape index (κ1) is 10.5. The summed E-state index contributed by atoms with van der Waals surface area (Å²) in [4.78, 5) is 11.9. The molecule has 2 N–H and O–H groups in total. The maximum Gasteiger partial charge on any atom is 0.349 e. The first-order valence-electron chi connectivity index (χ1n) is 4.54. The number of carbonyl (C=O) groups is 1. The van der Waals surface area contributed by atoms with Gasteiger partial charge in [-0.15, -0.1) is 11.3 Å². The molecule has 80 valence electrons. The molecule has 1 heterocycles. The Morgan fingerprint density at radius 3 is 3.06 bits per heavy atom. The Hall–Kier alpha value is -2.06. The Morgan fingerprint density at radius 1 is 1.50 bits per heavy atom. The van der Waals surface area contributed by atoms with Gasteiger partial charge in [-0.3, -0.25) is 0 Å². The molecule has 5 heteroatoms. The van der Waals surface area contributed by atoms with Gasteiger partial charge in [-0.25, -0.2) is 4.79 Å². The van der Waals surface area contributed by atoms with Crippen LogP contribution in [-0.4, -0.2) is 12.6 Å². The van der Waals surface area contributed by atoms with Crippen molar-refractivity contribution < 1.29 is 9.53 Å². The highest BCUT2D eigenvalue weighted by atomic mass is 32.1. The second-order valence-corrected chi connectivity index (χ2v) is 4.23. The maximum absolute atomic E-state index is 11.5. The Kier molecular flexibility index (Phi) is 2.75. The van der Waals surface area contributed by atoms with Crippen molar-refractivity contribution in [2.45, 2.75) is 0 Å². The molecule has 1 aromatic heterocycles. The average Bonchev–Trinajstić information content (AvgIpc) is 2.68. The van der Waals surface area contributed by atoms with Gasteiger partial charge >= 0.3 is 5.97 Å². The number of ether oxygens (including phenoxy) is 1. The van der Waals surface area contributed by atoms with Gasteiger partial charge in [-0.05, 0) is 29.7 Å². The average molecular weight is 232 g/mol. The molecular formula is C11H8N2O2S. The lowest BCUT2D eigenvalue weighted by Gasteiger charge is -1.94. The van der Waals surface area contributed by atoms with E-state index in [0.717, 1.165) is 10.1 Å². The molecule has 0 aliphatic heterocycles. The standard InChI is InChI=1S/C11H8N2O2S/c12-3-4-15-11(14)10-6-7-5-8(13)1-2-9(7)16-10/h1-2,5-6H,4,13H2. The van der Waals surface area contributed by atoms with Crippen LogP contribution < -0.4 is 5.73 Å². The van der Waals surface area contributed by atoms with Crippen LogP contribution in [0.3, 0.4) is 0 Å². The van der Waals surface area contributed by atoms with Crippen molar-refractivity contribution in [1.82, 2.24) is 0 Å². The molecule has 0 bridgehead atoms. The molecule has 0 aliphatic carbocycles. The molecule has 4 nitrogen and oxygen atoms in total. The third-order valence-electron chi connectivity index (χ3n) is 2.01. The number of benzene rings is 1. The molecule has 0 fully saturated rings. The molecule has 0 saturated carbocycles. The zero-order valence-electron chi connectivity index (χ0n) is 8.27. The number of rotatable bonds is 2. The third kappa shape index (κ3) is 1.97. The molecule has 0 aliphatic rings. The summed E-state index contributed by atoms with van der Waals surface area (Å²) in [6.45, 7) is -0.227. The van der Waals surface area contributed by atoms with Crippen molar-refractivity contribution in [3.8, 4) is 6.07 Å². The second kappa shape index (κ2) is 4.21. The van der Waals surface area contributed by atoms with E-state index >= 15 is 0 Å². The number of fused-ring (bicyclic) bond motifs is 1. The maximum atomic E-state index is 11.5. The van der Waals surface area contributed by atoms with Crippen LogP contribution in [0.2, 0.25) is 0 Å². The van der Waals surface area contributed by atoms with Gasteiger partial charge in [0, 0.05) is 10.4 Å². The van der Waals surface area contributed by atoms with E-state index in [4.69, 9.17) is 15.7 Å². The number of anilines is 1. The van der Waals surface area contributed by atoms with E-state index in [1.165, 1.54) is 11.3 Å². The normalized spacial score (nSPS) is 9.94. The highest BCUT2D eigenvalue weighted by molar-refractivity contribution is 7.20. The summed E-state index contributed by atoms with van der Waals surface area (Å²) in [5, 5.41) is 9.21. The van der Waals surface area contributed by atoms with Crippen LogP contribution in [0.1, 0.15) is 9.67 Å². The van der Waals surface area contributed by atoms with Crippen LogP contribution in [-0.2, 0) is 4.74 Å². The minimum Gasteiger partial charge on any atom is -0.446 e. The number of carbonyl (C=O) groups excluding carboxylic acids is 1. The van der Waals surface area contributed by atoms with Crippen LogP contribution in [0.5, 0.6) is 0 Å². The molecular weight excluding hydrogens is 224 g/mol. The fourth-order valence-electron chi connectivity index (χ4n) is 1.33. The number of nitriles is 1. The Bertz CT molecular complexity index is 583. The minimum atomic E-state index is -0.471. The smallest absolute Gasteiger partial charge is 0.349 e. The van der Waals surface area contributed by atoms with E-state index in [9.17, 15) is 4.79 Å². The van der Waals surface area contributed by atoms with Crippen LogP contribution in [0.15, 0.2) is 24.3 Å². The number of hydrogen-bond acceptors (Lipinski definition) is 5. The summed E-state index contributed by atoms with van der Waals surface area (Å²) in [7, 11) is 0. The summed E-state index contributed by atoms with van der Waals surface area (Å²) < 4.78 is 5.69. The van der Waals surface area contributed by atoms with E-state index in [1.807, 2.05) is 6.07 Å². The van der Waals surface area contributed by atoms with Crippen LogP contribution in [0.4, 0.5) is 5.69 Å². The van der Waals surface area contributed by atoms with Crippen molar-refractivity contribution in [2.24, 2.45) is 0 Å². The largest absolute Gasteiger partial charge is 0.446 e. The summed E-state index contributed by atoms with van der Waals surface area (Å²) in [5.74, 6) is -0.471. The Morgan fingerprint density at radius 2 is 2.31 bits per heavy atom. The third-order valence-corrected chi connectivity index (χ3v) is 3.11. The first-order chi connectivity index (χ1) is 7.70. The molecule has 0 radical (unpaired) electrons. The van der Waals surface area contributed by atoms with Crippen LogP contribution in [0, 0.1) is 11.3 Å². The van der Waals surface area contributed by atoms with E-state index in [1.54, 1.807) is 24.3 Å². The lowest BCUT2D eigenvalue weighted by atomic mass is 10.2. The van der Waals surface area contributed by atoms with Crippen LogP contribution >= 0.6 is 11.3 Å². The summed E-state index contributed by atoms with van der Waals surface area (Å²) in [6.07, 6.45) is 0. The molecule has 16 heavy (non-hydrogen) atoms. The van der Waals surface area contributed by atoms with Gasteiger partial charge in [0.05, 0.1) is 0 Å². The summed E-state index contributed by atoms with van der Waals surface area (Å²) in [5.41, 5.74) is 6.29. The number of thiophene rings is 1. The van der Waals surface area contributed by atoms with Gasteiger partial charge < -0.3 is 10.5 Å². The molecule has 0 saturated heterocycles. The van der Waals surface area contributed by atoms with E-state index in [-0.39, 0.29) is 6.61 Å². The van der Waals surface area contributed by atoms with Gasteiger partial charge in [-0.1, -0.05) is 0 Å². The molecule has 1 aromatic carbocycles. The molecule has 0 spiro atoms. The predicted octanol–water partition coefficient (Wildman–Crippen LogP) is 2.16. The number of nitrogens with two attached hydrogens (primary N) is 1. The number of nitrogen functional groups attached to an aromatic ring is 1. The van der Waals surface area contributed by atoms with Gasteiger partial charge in [0.1, 0.15) is 10.9 Å². The molecule has 2 rings (SSSR count). The molecule has 2 aromatic rings. The summed E-state index contributed by atoms with van der Waals surface area (Å²) in [6, 6.07) is 8.91. The van der Waals surface area contributed by atoms with Gasteiger partial charge in [-0.2, -0.15) is 5.26 Å². The SMILES string of the molecule is N#CCOC(=O)c1cc2cc(N)ccc2s1. The number of esters is 1. The Balaban J connectivity index is 2.33. The fourth-order valence-corrected chi connectivity index (χ4v) is 2.27. The monoisotopic (exact) mass is 232 g/mol. The number of hydrogen-bond donors (Lipinski definition) is 1. The quantitative estimate of drug-likeness (QED) is 0.636. The fraction of sp³-hybridized carbons (Fsp3) is 0.0909. The van der Waals surface area contributed by atoms with E-state index in [0.29, 0.717) is 10.6 Å². The highest BCUT2D eigenvalue weighted by Gasteiger charge is 2.11.